The molecular formula is C15H24N4O4. The van der Waals surface area contributed by atoms with Gasteiger partial charge >= 0.3 is 0 Å². The summed E-state index contributed by atoms with van der Waals surface area (Å²) in [5.41, 5.74) is 0. The molecule has 2 fully saturated rings. The fraction of sp³-hybridized carbons (Fsp3) is 0.800. The summed E-state index contributed by atoms with van der Waals surface area (Å²) in [6.45, 7) is 9.17. The molecule has 3 rings (SSSR count). The smallest absolute Gasteiger partial charge is 0.252 e. The van der Waals surface area contributed by atoms with Crippen molar-refractivity contribution >= 4 is 5.91 Å². The van der Waals surface area contributed by atoms with Crippen LogP contribution in [0, 0.1) is 12.8 Å². The Hall–Kier alpha value is -1.51. The maximum Gasteiger partial charge on any atom is 0.252 e. The van der Waals surface area contributed by atoms with Crippen LogP contribution in [0.2, 0.25) is 0 Å². The van der Waals surface area contributed by atoms with Crippen molar-refractivity contribution < 1.29 is 18.8 Å². The molecule has 2 aliphatic heterocycles. The Bertz CT molecular complexity index is 529. The van der Waals surface area contributed by atoms with E-state index in [4.69, 9.17) is 14.0 Å². The van der Waals surface area contributed by atoms with Crippen molar-refractivity contribution in [3.05, 3.63) is 11.7 Å². The lowest BCUT2D eigenvalue weighted by molar-refractivity contribution is -0.136. The lowest BCUT2D eigenvalue weighted by Crippen LogP contribution is -2.47. The van der Waals surface area contributed by atoms with E-state index in [2.05, 4.69) is 22.0 Å². The molecule has 8 nitrogen and oxygen atoms in total. The maximum atomic E-state index is 12.3. The molecular weight excluding hydrogens is 300 g/mol. The molecule has 0 radical (unpaired) electrons. The number of amides is 1. The van der Waals surface area contributed by atoms with Gasteiger partial charge in [-0.25, -0.2) is 0 Å². The van der Waals surface area contributed by atoms with Crippen molar-refractivity contribution in [2.75, 3.05) is 46.0 Å². The number of likely N-dealkylation sites (tertiary alicyclic amines) is 1. The van der Waals surface area contributed by atoms with Crippen molar-refractivity contribution in [3.63, 3.8) is 0 Å². The molecule has 0 unspecified atom stereocenters. The van der Waals surface area contributed by atoms with Crippen LogP contribution in [0.3, 0.4) is 0 Å². The molecule has 0 aliphatic carbocycles. The Balaban J connectivity index is 1.44. The summed E-state index contributed by atoms with van der Waals surface area (Å²) in [4.78, 5) is 20.7. The van der Waals surface area contributed by atoms with Crippen LogP contribution < -0.4 is 0 Å². The molecule has 0 spiro atoms. The molecule has 3 heterocycles. The lowest BCUT2D eigenvalue weighted by atomic mass is 10.0. The summed E-state index contributed by atoms with van der Waals surface area (Å²) in [5, 5.41) is 3.69. The van der Waals surface area contributed by atoms with Crippen molar-refractivity contribution in [3.8, 4) is 0 Å². The predicted octanol–water partition coefficient (Wildman–Crippen LogP) is 0.0737. The van der Waals surface area contributed by atoms with Gasteiger partial charge in [0.15, 0.2) is 5.82 Å². The van der Waals surface area contributed by atoms with Gasteiger partial charge in [0.1, 0.15) is 13.2 Å². The third-order valence-corrected chi connectivity index (χ3v) is 4.46. The number of nitrogens with zero attached hydrogens (tertiary/aromatic N) is 4. The minimum atomic E-state index is 0.0175. The quantitative estimate of drug-likeness (QED) is 0.758. The average Bonchev–Trinajstić information content (AvgIpc) is 3.14. The van der Waals surface area contributed by atoms with E-state index in [1.807, 2.05) is 4.90 Å². The number of carbonyl (C=O) groups excluding carboxylic acids is 1. The molecule has 1 aromatic heterocycles. The van der Waals surface area contributed by atoms with Crippen LogP contribution in [-0.4, -0.2) is 77.9 Å². The van der Waals surface area contributed by atoms with Gasteiger partial charge in [0, 0.05) is 32.2 Å². The fourth-order valence-corrected chi connectivity index (χ4v) is 3.25. The zero-order valence-electron chi connectivity index (χ0n) is 13.7. The van der Waals surface area contributed by atoms with Crippen LogP contribution in [-0.2, 0) is 20.9 Å². The van der Waals surface area contributed by atoms with Gasteiger partial charge in [0.25, 0.3) is 5.89 Å². The SMILES string of the molecule is Cc1noc(COCC(=O)N2C[C@@H](N3CCOCC3)[C@@H](C)C2)n1. The van der Waals surface area contributed by atoms with Gasteiger partial charge in [-0.15, -0.1) is 0 Å². The number of rotatable bonds is 5. The van der Waals surface area contributed by atoms with E-state index in [1.165, 1.54) is 0 Å². The number of hydrogen-bond acceptors (Lipinski definition) is 7. The third kappa shape index (κ3) is 4.07. The first-order chi connectivity index (χ1) is 11.1. The van der Waals surface area contributed by atoms with Gasteiger partial charge < -0.3 is 18.9 Å². The zero-order chi connectivity index (χ0) is 16.2. The molecule has 0 bridgehead atoms. The molecule has 0 saturated carbocycles. The number of morpholine rings is 1. The molecule has 2 aliphatic rings. The Kier molecular flexibility index (Phi) is 5.24. The van der Waals surface area contributed by atoms with E-state index in [0.717, 1.165) is 39.4 Å². The summed E-state index contributed by atoms with van der Waals surface area (Å²) in [6.07, 6.45) is 0. The monoisotopic (exact) mass is 324 g/mol. The van der Waals surface area contributed by atoms with E-state index in [-0.39, 0.29) is 19.1 Å². The van der Waals surface area contributed by atoms with E-state index in [9.17, 15) is 4.79 Å². The number of carbonyl (C=O) groups is 1. The van der Waals surface area contributed by atoms with Crippen molar-refractivity contribution in [2.45, 2.75) is 26.5 Å². The van der Waals surface area contributed by atoms with Crippen LogP contribution in [0.5, 0.6) is 0 Å². The molecule has 0 aromatic carbocycles. The van der Waals surface area contributed by atoms with Gasteiger partial charge in [-0.05, 0) is 12.8 Å². The highest BCUT2D eigenvalue weighted by Crippen LogP contribution is 2.22. The second kappa shape index (κ2) is 7.37. The minimum absolute atomic E-state index is 0.0175. The minimum Gasteiger partial charge on any atom is -0.379 e. The standard InChI is InChI=1S/C15H24N4O4/c1-11-7-19(8-13(11)18-3-5-21-6-4-18)15(20)10-22-9-14-16-12(2)17-23-14/h11,13H,3-10H2,1-2H3/t11-,13+/m0/s1. The summed E-state index contributed by atoms with van der Waals surface area (Å²) in [6, 6.07) is 0.418. The molecule has 23 heavy (non-hydrogen) atoms. The second-order valence-electron chi connectivity index (χ2n) is 6.22. The van der Waals surface area contributed by atoms with Crippen LogP contribution in [0.1, 0.15) is 18.6 Å². The zero-order valence-corrected chi connectivity index (χ0v) is 13.7. The number of aromatic nitrogens is 2. The Morgan fingerprint density at radius 3 is 2.83 bits per heavy atom. The van der Waals surface area contributed by atoms with Crippen LogP contribution in [0.25, 0.3) is 0 Å². The first-order valence-electron chi connectivity index (χ1n) is 8.10. The summed E-state index contributed by atoms with van der Waals surface area (Å²) >= 11 is 0. The molecule has 1 aromatic rings. The van der Waals surface area contributed by atoms with Gasteiger partial charge in [0.2, 0.25) is 5.91 Å². The van der Waals surface area contributed by atoms with Crippen LogP contribution in [0.4, 0.5) is 0 Å². The summed E-state index contributed by atoms with van der Waals surface area (Å²) < 4.78 is 15.8. The van der Waals surface area contributed by atoms with Crippen molar-refractivity contribution in [2.24, 2.45) is 5.92 Å². The normalized spacial score (nSPS) is 25.9. The molecule has 2 saturated heterocycles. The summed E-state index contributed by atoms with van der Waals surface area (Å²) in [5.74, 6) is 1.45. The van der Waals surface area contributed by atoms with E-state index in [0.29, 0.717) is 23.7 Å². The number of aryl methyl sites for hydroxylation is 1. The number of hydrogen-bond donors (Lipinski definition) is 0. The van der Waals surface area contributed by atoms with Crippen LogP contribution in [0.15, 0.2) is 4.52 Å². The second-order valence-corrected chi connectivity index (χ2v) is 6.22. The molecule has 0 N–H and O–H groups in total. The van der Waals surface area contributed by atoms with Gasteiger partial charge in [0.05, 0.1) is 13.2 Å². The Morgan fingerprint density at radius 2 is 2.13 bits per heavy atom. The first kappa shape index (κ1) is 16.4. The third-order valence-electron chi connectivity index (χ3n) is 4.46. The predicted molar refractivity (Wildman–Crippen MR) is 80.6 cm³/mol. The van der Waals surface area contributed by atoms with Gasteiger partial charge in [-0.3, -0.25) is 9.69 Å². The lowest BCUT2D eigenvalue weighted by Gasteiger charge is -2.33. The topological polar surface area (TPSA) is 80.9 Å². The van der Waals surface area contributed by atoms with Crippen molar-refractivity contribution in [1.82, 2.24) is 19.9 Å². The first-order valence-corrected chi connectivity index (χ1v) is 8.10. The van der Waals surface area contributed by atoms with Crippen molar-refractivity contribution in [1.29, 1.82) is 0 Å². The molecule has 2 atom stereocenters. The maximum absolute atomic E-state index is 12.3. The Labute approximate surface area is 135 Å². The average molecular weight is 324 g/mol. The fourth-order valence-electron chi connectivity index (χ4n) is 3.25. The summed E-state index contributed by atoms with van der Waals surface area (Å²) in [7, 11) is 0. The highest BCUT2D eigenvalue weighted by atomic mass is 16.5. The molecule has 128 valence electrons. The van der Waals surface area contributed by atoms with E-state index in [1.54, 1.807) is 6.92 Å². The molecule has 1 amide bonds. The van der Waals surface area contributed by atoms with Gasteiger partial charge in [-0.1, -0.05) is 12.1 Å². The highest BCUT2D eigenvalue weighted by Gasteiger charge is 2.36. The van der Waals surface area contributed by atoms with E-state index < -0.39 is 0 Å². The van der Waals surface area contributed by atoms with E-state index >= 15 is 0 Å². The van der Waals surface area contributed by atoms with Crippen LogP contribution >= 0.6 is 0 Å². The highest BCUT2D eigenvalue weighted by molar-refractivity contribution is 5.77. The Morgan fingerprint density at radius 1 is 1.35 bits per heavy atom. The number of ether oxygens (including phenoxy) is 2. The molecule has 8 heteroatoms. The van der Waals surface area contributed by atoms with Gasteiger partial charge in [-0.2, -0.15) is 4.98 Å². The largest absolute Gasteiger partial charge is 0.379 e.